The Morgan fingerprint density at radius 1 is 0.974 bits per heavy atom. The zero-order valence-corrected chi connectivity index (χ0v) is 22.0. The summed E-state index contributed by atoms with van der Waals surface area (Å²) < 4.78 is 20.3. The van der Waals surface area contributed by atoms with E-state index in [9.17, 15) is 9.18 Å². The van der Waals surface area contributed by atoms with Gasteiger partial charge in [0.05, 0.1) is 30.5 Å². The molecule has 2 aliphatic heterocycles. The van der Waals surface area contributed by atoms with Crippen LogP contribution in [0.1, 0.15) is 47.6 Å². The van der Waals surface area contributed by atoms with E-state index in [4.69, 9.17) is 9.72 Å². The Morgan fingerprint density at radius 2 is 1.69 bits per heavy atom. The summed E-state index contributed by atoms with van der Waals surface area (Å²) in [5.74, 6) is 0.593. The number of hydrogen-bond acceptors (Lipinski definition) is 6. The zero-order valence-electron chi connectivity index (χ0n) is 22.0. The molecule has 0 spiro atoms. The third-order valence-electron chi connectivity index (χ3n) is 7.46. The van der Waals surface area contributed by atoms with Crippen LogP contribution in [0.3, 0.4) is 0 Å². The number of nitrogens with one attached hydrogen (secondary N) is 1. The predicted octanol–water partition coefficient (Wildman–Crippen LogP) is 5.52. The third kappa shape index (κ3) is 5.05. The summed E-state index contributed by atoms with van der Waals surface area (Å²) in [4.78, 5) is 28.6. The van der Waals surface area contributed by atoms with Crippen molar-refractivity contribution >= 4 is 11.6 Å². The molecule has 0 atom stereocenters. The van der Waals surface area contributed by atoms with E-state index in [1.807, 2.05) is 50.2 Å². The summed E-state index contributed by atoms with van der Waals surface area (Å²) in [6, 6.07) is 16.8. The number of benzene rings is 2. The molecule has 4 heterocycles. The van der Waals surface area contributed by atoms with Crippen LogP contribution in [-0.2, 0) is 4.74 Å². The topological polar surface area (TPSA) is 80.2 Å². The van der Waals surface area contributed by atoms with Crippen LogP contribution in [0, 0.1) is 5.82 Å². The van der Waals surface area contributed by atoms with Gasteiger partial charge in [0.15, 0.2) is 0 Å². The lowest BCUT2D eigenvalue weighted by molar-refractivity contribution is -0.0909. The molecule has 198 valence electrons. The highest BCUT2D eigenvalue weighted by molar-refractivity contribution is 6.04. The molecule has 1 amide bonds. The molecule has 2 saturated heterocycles. The monoisotopic (exact) mass is 523 g/mol. The van der Waals surface area contributed by atoms with Crippen molar-refractivity contribution in [3.8, 4) is 22.3 Å². The van der Waals surface area contributed by atoms with Crippen LogP contribution < -0.4 is 5.32 Å². The molecule has 8 heteroatoms. The van der Waals surface area contributed by atoms with Crippen molar-refractivity contribution in [1.82, 2.24) is 19.9 Å². The molecule has 0 bridgehead atoms. The largest absolute Gasteiger partial charge is 0.378 e. The van der Waals surface area contributed by atoms with Crippen LogP contribution in [-0.4, -0.2) is 58.1 Å². The Labute approximate surface area is 227 Å². The van der Waals surface area contributed by atoms with Crippen LogP contribution in [0.5, 0.6) is 0 Å². The second-order valence-electron chi connectivity index (χ2n) is 10.5. The molecule has 1 N–H and O–H groups in total. The molecule has 0 saturated carbocycles. The summed E-state index contributed by atoms with van der Waals surface area (Å²) >= 11 is 0. The molecule has 2 aliphatic rings. The quantitative estimate of drug-likeness (QED) is 0.344. The molecule has 7 nitrogen and oxygen atoms in total. The zero-order chi connectivity index (χ0) is 26.9. The van der Waals surface area contributed by atoms with Crippen molar-refractivity contribution in [2.45, 2.75) is 31.7 Å². The number of anilines is 1. The fourth-order valence-corrected chi connectivity index (χ4v) is 5.09. The Balaban J connectivity index is 1.29. The highest BCUT2D eigenvalue weighted by Gasteiger charge is 2.38. The summed E-state index contributed by atoms with van der Waals surface area (Å²) in [6.45, 7) is 7.38. The van der Waals surface area contributed by atoms with Gasteiger partial charge in [-0.25, -0.2) is 14.4 Å². The number of nitrogens with zero attached hydrogens (tertiary/aromatic N) is 4. The van der Waals surface area contributed by atoms with Gasteiger partial charge in [-0.15, -0.1) is 0 Å². The van der Waals surface area contributed by atoms with Gasteiger partial charge in [0.25, 0.3) is 5.91 Å². The number of rotatable bonds is 7. The molecule has 0 aliphatic carbocycles. The normalized spacial score (nSPS) is 16.1. The van der Waals surface area contributed by atoms with Crippen LogP contribution >= 0.6 is 0 Å². The Hall–Kier alpha value is -4.01. The summed E-state index contributed by atoms with van der Waals surface area (Å²) in [7, 11) is 0. The van der Waals surface area contributed by atoms with Crippen LogP contribution in [0.4, 0.5) is 10.1 Å². The van der Waals surface area contributed by atoms with E-state index in [0.717, 1.165) is 48.7 Å². The lowest BCUT2D eigenvalue weighted by atomic mass is 9.85. The molecule has 4 aromatic rings. The number of carbonyl (C=O) groups excluding carboxylic acids is 1. The molecule has 6 rings (SSSR count). The fourth-order valence-electron chi connectivity index (χ4n) is 5.09. The predicted molar refractivity (Wildman–Crippen MR) is 148 cm³/mol. The molecule has 0 radical (unpaired) electrons. The van der Waals surface area contributed by atoms with Gasteiger partial charge in [-0.3, -0.25) is 14.7 Å². The smallest absolute Gasteiger partial charge is 0.258 e. The number of hydrogen-bond donors (Lipinski definition) is 1. The van der Waals surface area contributed by atoms with E-state index in [2.05, 4.69) is 20.2 Å². The van der Waals surface area contributed by atoms with E-state index < -0.39 is 0 Å². The van der Waals surface area contributed by atoms with Crippen LogP contribution in [0.25, 0.3) is 22.3 Å². The molecular weight excluding hydrogens is 493 g/mol. The average molecular weight is 524 g/mol. The number of aromatic nitrogens is 3. The van der Waals surface area contributed by atoms with Gasteiger partial charge in [0, 0.05) is 60.3 Å². The van der Waals surface area contributed by atoms with Crippen molar-refractivity contribution in [3.05, 3.63) is 96.1 Å². The van der Waals surface area contributed by atoms with E-state index in [0.29, 0.717) is 28.7 Å². The van der Waals surface area contributed by atoms with Gasteiger partial charge in [0.1, 0.15) is 11.6 Å². The highest BCUT2D eigenvalue weighted by atomic mass is 19.1. The van der Waals surface area contributed by atoms with Crippen molar-refractivity contribution in [1.29, 1.82) is 0 Å². The lowest BCUT2D eigenvalue weighted by Crippen LogP contribution is -2.58. The van der Waals surface area contributed by atoms with Gasteiger partial charge in [-0.2, -0.15) is 0 Å². The number of carbonyl (C=O) groups is 1. The van der Waals surface area contributed by atoms with Gasteiger partial charge in [-0.1, -0.05) is 44.2 Å². The summed E-state index contributed by atoms with van der Waals surface area (Å²) in [5, 5.41) is 2.92. The Kier molecular flexibility index (Phi) is 6.89. The minimum atomic E-state index is -0.276. The standard InChI is InChI=1S/C31H30FN5O2/c1-19(2)30-34-13-21(14-35-30)31(38)36-23-9-7-20(8-10-23)28-26(25-5-3-4-6-27(25)32)11-12-33-29(28)22-15-37(16-22)24-17-39-18-24/h3-14,19,22,24H,15-18H2,1-2H3,(H,36,38). The maximum absolute atomic E-state index is 15.0. The van der Waals surface area contributed by atoms with Crippen molar-refractivity contribution in [2.24, 2.45) is 0 Å². The van der Waals surface area contributed by atoms with Gasteiger partial charge < -0.3 is 10.1 Å². The van der Waals surface area contributed by atoms with Crippen molar-refractivity contribution < 1.29 is 13.9 Å². The maximum atomic E-state index is 15.0. The minimum absolute atomic E-state index is 0.191. The minimum Gasteiger partial charge on any atom is -0.378 e. The number of ether oxygens (including phenoxy) is 1. The average Bonchev–Trinajstić information content (AvgIpc) is 2.90. The number of halogens is 1. The number of amides is 1. The first-order chi connectivity index (χ1) is 19.0. The van der Waals surface area contributed by atoms with E-state index in [1.165, 1.54) is 6.07 Å². The Bertz CT molecular complexity index is 1480. The molecule has 2 aromatic carbocycles. The first-order valence-electron chi connectivity index (χ1n) is 13.3. The Morgan fingerprint density at radius 3 is 2.33 bits per heavy atom. The number of likely N-dealkylation sites (tertiary alicyclic amines) is 1. The summed E-state index contributed by atoms with van der Waals surface area (Å²) in [5.41, 5.74) is 5.20. The molecule has 2 aromatic heterocycles. The first kappa shape index (κ1) is 25.3. The highest BCUT2D eigenvalue weighted by Crippen LogP contribution is 2.41. The van der Waals surface area contributed by atoms with E-state index >= 15 is 0 Å². The fraction of sp³-hybridized carbons (Fsp3) is 0.290. The number of pyridine rings is 1. The van der Waals surface area contributed by atoms with Crippen molar-refractivity contribution in [2.75, 3.05) is 31.6 Å². The second kappa shape index (κ2) is 10.6. The maximum Gasteiger partial charge on any atom is 0.258 e. The van der Waals surface area contributed by atoms with Gasteiger partial charge in [-0.05, 0) is 35.4 Å². The SMILES string of the molecule is CC(C)c1ncc(C(=O)Nc2ccc(-c3c(-c4ccccc4F)ccnc3C3CN(C4COC4)C3)cc2)cn1. The third-order valence-corrected chi connectivity index (χ3v) is 7.46. The molecule has 2 fully saturated rings. The first-order valence-corrected chi connectivity index (χ1v) is 13.3. The van der Waals surface area contributed by atoms with Crippen LogP contribution in [0.2, 0.25) is 0 Å². The summed E-state index contributed by atoms with van der Waals surface area (Å²) in [6.07, 6.45) is 4.87. The molecule has 39 heavy (non-hydrogen) atoms. The molecular formula is C31H30FN5O2. The van der Waals surface area contributed by atoms with Gasteiger partial charge >= 0.3 is 0 Å². The van der Waals surface area contributed by atoms with E-state index in [1.54, 1.807) is 30.7 Å². The second-order valence-corrected chi connectivity index (χ2v) is 10.5. The van der Waals surface area contributed by atoms with Crippen LogP contribution in [0.15, 0.2) is 73.2 Å². The lowest BCUT2D eigenvalue weighted by Gasteiger charge is -2.47. The molecule has 0 unspecified atom stereocenters. The van der Waals surface area contributed by atoms with E-state index in [-0.39, 0.29) is 23.6 Å². The van der Waals surface area contributed by atoms with Crippen molar-refractivity contribution in [3.63, 3.8) is 0 Å². The van der Waals surface area contributed by atoms with Gasteiger partial charge in [0.2, 0.25) is 0 Å².